The molecule has 3 rings (SSSR count). The zero-order valence-electron chi connectivity index (χ0n) is 16.5. The van der Waals surface area contributed by atoms with Crippen molar-refractivity contribution < 1.29 is 15.3 Å². The Morgan fingerprint density at radius 1 is 0.733 bits per heavy atom. The van der Waals surface area contributed by atoms with Crippen molar-refractivity contribution in [3.63, 3.8) is 0 Å². The van der Waals surface area contributed by atoms with Crippen molar-refractivity contribution in [2.45, 2.75) is 0 Å². The van der Waals surface area contributed by atoms with Crippen LogP contribution < -0.4 is 27.0 Å². The Morgan fingerprint density at radius 3 is 1.90 bits per heavy atom. The quantitative estimate of drug-likeness (QED) is 0.268. The molecule has 0 aliphatic rings. The number of rotatable bonds is 9. The highest BCUT2D eigenvalue weighted by molar-refractivity contribution is 5.86. The first kappa shape index (κ1) is 21.1. The lowest BCUT2D eigenvalue weighted by molar-refractivity contribution is 0.281. The van der Waals surface area contributed by atoms with E-state index < -0.39 is 0 Å². The average molecular weight is 409 g/mol. The SMILES string of the molecule is Nc1cc(N)c(Nc2cccc(O)c2)cc1Nc1ccc(N(CCO)CCO)cc1. The van der Waals surface area contributed by atoms with Crippen molar-refractivity contribution in [1.82, 2.24) is 0 Å². The number of aliphatic hydroxyl groups is 2. The van der Waals surface area contributed by atoms with Crippen molar-refractivity contribution >= 4 is 39.8 Å². The van der Waals surface area contributed by atoms with Crippen LogP contribution in [0.5, 0.6) is 5.75 Å². The van der Waals surface area contributed by atoms with Gasteiger partial charge in [0.25, 0.3) is 0 Å². The number of anilines is 7. The van der Waals surface area contributed by atoms with Crippen LogP contribution in [0.1, 0.15) is 0 Å². The van der Waals surface area contributed by atoms with Gasteiger partial charge in [0.05, 0.1) is 36.0 Å². The Hall–Kier alpha value is -3.62. The molecule has 0 unspecified atom stereocenters. The molecule has 8 nitrogen and oxygen atoms in total. The van der Waals surface area contributed by atoms with Crippen molar-refractivity contribution in [3.8, 4) is 5.75 Å². The molecule has 0 bridgehead atoms. The van der Waals surface area contributed by atoms with Crippen molar-refractivity contribution in [1.29, 1.82) is 0 Å². The summed E-state index contributed by atoms with van der Waals surface area (Å²) in [7, 11) is 0. The summed E-state index contributed by atoms with van der Waals surface area (Å²) in [6.45, 7) is 0.915. The second-order valence-corrected chi connectivity index (χ2v) is 6.81. The number of nitrogen functional groups attached to an aromatic ring is 2. The number of nitrogens with zero attached hydrogens (tertiary/aromatic N) is 1. The van der Waals surface area contributed by atoms with Gasteiger partial charge in [0, 0.05) is 36.2 Å². The molecule has 30 heavy (non-hydrogen) atoms. The van der Waals surface area contributed by atoms with Crippen LogP contribution in [0, 0.1) is 0 Å². The molecule has 0 amide bonds. The van der Waals surface area contributed by atoms with E-state index in [9.17, 15) is 15.3 Å². The zero-order valence-corrected chi connectivity index (χ0v) is 16.5. The minimum Gasteiger partial charge on any atom is -0.508 e. The minimum atomic E-state index is 0.0109. The Kier molecular flexibility index (Phi) is 6.84. The summed E-state index contributed by atoms with van der Waals surface area (Å²) in [6.07, 6.45) is 0. The first-order chi connectivity index (χ1) is 14.5. The Morgan fingerprint density at radius 2 is 1.33 bits per heavy atom. The van der Waals surface area contributed by atoms with Gasteiger partial charge in [-0.1, -0.05) is 6.07 Å². The minimum absolute atomic E-state index is 0.0109. The maximum absolute atomic E-state index is 9.65. The molecule has 0 saturated carbocycles. The summed E-state index contributed by atoms with van der Waals surface area (Å²) in [4.78, 5) is 1.90. The molecule has 0 heterocycles. The van der Waals surface area contributed by atoms with Crippen LogP contribution in [-0.4, -0.2) is 41.6 Å². The fourth-order valence-electron chi connectivity index (χ4n) is 3.11. The number of nitrogens with one attached hydrogen (secondary N) is 2. The molecule has 158 valence electrons. The van der Waals surface area contributed by atoms with Crippen LogP contribution in [0.2, 0.25) is 0 Å². The van der Waals surface area contributed by atoms with Crippen molar-refractivity contribution in [3.05, 3.63) is 60.7 Å². The number of aliphatic hydroxyl groups excluding tert-OH is 2. The number of nitrogens with two attached hydrogens (primary N) is 2. The van der Waals surface area contributed by atoms with Gasteiger partial charge in [0.2, 0.25) is 0 Å². The molecule has 0 atom stereocenters. The second kappa shape index (κ2) is 9.73. The van der Waals surface area contributed by atoms with Gasteiger partial charge < -0.3 is 42.3 Å². The topological polar surface area (TPSA) is 140 Å². The third-order valence-corrected chi connectivity index (χ3v) is 4.60. The molecule has 0 aliphatic heterocycles. The number of phenolic OH excluding ortho intramolecular Hbond substituents is 1. The fraction of sp³-hybridized carbons (Fsp3) is 0.182. The summed E-state index contributed by atoms with van der Waals surface area (Å²) in [5, 5.41) is 34.5. The highest BCUT2D eigenvalue weighted by Gasteiger charge is 2.09. The molecule has 0 saturated heterocycles. The van der Waals surface area contributed by atoms with E-state index in [-0.39, 0.29) is 19.0 Å². The van der Waals surface area contributed by atoms with Gasteiger partial charge in [-0.25, -0.2) is 0 Å². The smallest absolute Gasteiger partial charge is 0.117 e. The number of hydrogen-bond donors (Lipinski definition) is 7. The van der Waals surface area contributed by atoms with Gasteiger partial charge in [-0.05, 0) is 48.5 Å². The van der Waals surface area contributed by atoms with E-state index in [2.05, 4.69) is 10.6 Å². The van der Waals surface area contributed by atoms with E-state index in [0.717, 1.165) is 11.4 Å². The molecular weight excluding hydrogens is 382 g/mol. The van der Waals surface area contributed by atoms with Crippen LogP contribution in [0.4, 0.5) is 39.8 Å². The predicted molar refractivity (Wildman–Crippen MR) is 123 cm³/mol. The van der Waals surface area contributed by atoms with Gasteiger partial charge >= 0.3 is 0 Å². The molecule has 3 aromatic carbocycles. The molecule has 0 aliphatic carbocycles. The maximum atomic E-state index is 9.65. The number of phenols is 1. The van der Waals surface area contributed by atoms with Crippen LogP contribution in [0.15, 0.2) is 60.7 Å². The fourth-order valence-corrected chi connectivity index (χ4v) is 3.11. The summed E-state index contributed by atoms with van der Waals surface area (Å²) < 4.78 is 0. The van der Waals surface area contributed by atoms with Gasteiger partial charge in [-0.15, -0.1) is 0 Å². The molecule has 0 aromatic heterocycles. The van der Waals surface area contributed by atoms with E-state index in [1.54, 1.807) is 24.3 Å². The predicted octanol–water partition coefficient (Wildman–Crippen LogP) is 2.83. The van der Waals surface area contributed by atoms with Crippen LogP contribution in [-0.2, 0) is 0 Å². The molecule has 0 spiro atoms. The summed E-state index contributed by atoms with van der Waals surface area (Å²) in [6, 6.07) is 17.9. The Balaban J connectivity index is 1.79. The van der Waals surface area contributed by atoms with E-state index >= 15 is 0 Å². The normalized spacial score (nSPS) is 10.6. The Bertz CT molecular complexity index is 973. The first-order valence-corrected chi connectivity index (χ1v) is 9.59. The highest BCUT2D eigenvalue weighted by Crippen LogP contribution is 2.34. The summed E-state index contributed by atoms with van der Waals surface area (Å²) in [5.74, 6) is 0.156. The maximum Gasteiger partial charge on any atom is 0.117 e. The Labute approximate surface area is 175 Å². The third kappa shape index (κ3) is 5.25. The lowest BCUT2D eigenvalue weighted by atomic mass is 10.1. The van der Waals surface area contributed by atoms with Crippen molar-refractivity contribution in [2.24, 2.45) is 0 Å². The molecule has 3 aromatic rings. The molecule has 0 fully saturated rings. The lowest BCUT2D eigenvalue weighted by Crippen LogP contribution is -2.29. The number of aromatic hydroxyl groups is 1. The summed E-state index contributed by atoms with van der Waals surface area (Å²) >= 11 is 0. The second-order valence-electron chi connectivity index (χ2n) is 6.81. The van der Waals surface area contributed by atoms with Crippen molar-refractivity contribution in [2.75, 3.05) is 53.3 Å². The van der Waals surface area contributed by atoms with Crippen LogP contribution in [0.25, 0.3) is 0 Å². The molecule has 8 heteroatoms. The number of hydrogen-bond acceptors (Lipinski definition) is 8. The summed E-state index contributed by atoms with van der Waals surface area (Å²) in [5.41, 5.74) is 17.0. The van der Waals surface area contributed by atoms with Gasteiger partial charge in [0.15, 0.2) is 0 Å². The molecule has 9 N–H and O–H groups in total. The number of benzene rings is 3. The lowest BCUT2D eigenvalue weighted by Gasteiger charge is -2.23. The molecular formula is C22H27N5O3. The van der Waals surface area contributed by atoms with Crippen LogP contribution in [0.3, 0.4) is 0 Å². The monoisotopic (exact) mass is 409 g/mol. The van der Waals surface area contributed by atoms with E-state index in [1.165, 1.54) is 0 Å². The van der Waals surface area contributed by atoms with Gasteiger partial charge in [-0.3, -0.25) is 0 Å². The van der Waals surface area contributed by atoms with E-state index in [4.69, 9.17) is 11.5 Å². The third-order valence-electron chi connectivity index (χ3n) is 4.60. The average Bonchev–Trinajstić information content (AvgIpc) is 2.72. The standard InChI is InChI=1S/C22H27N5O3/c23-19-13-20(24)22(26-16-2-1-3-18(30)12-16)14-21(19)25-15-4-6-17(7-5-15)27(8-10-28)9-11-29/h1-7,12-14,25-26,28-30H,8-11,23-24H2. The van der Waals surface area contributed by atoms with E-state index in [1.807, 2.05) is 41.3 Å². The van der Waals surface area contributed by atoms with Gasteiger partial charge in [-0.2, -0.15) is 0 Å². The van der Waals surface area contributed by atoms with E-state index in [0.29, 0.717) is 41.5 Å². The van der Waals surface area contributed by atoms with Gasteiger partial charge in [0.1, 0.15) is 5.75 Å². The highest BCUT2D eigenvalue weighted by atomic mass is 16.3. The zero-order chi connectivity index (χ0) is 21.5. The molecule has 0 radical (unpaired) electrons. The largest absolute Gasteiger partial charge is 0.508 e. The van der Waals surface area contributed by atoms with Crippen LogP contribution >= 0.6 is 0 Å². The first-order valence-electron chi connectivity index (χ1n) is 9.59.